The highest BCUT2D eigenvalue weighted by Gasteiger charge is 2.14. The van der Waals surface area contributed by atoms with E-state index in [1.165, 1.54) is 32.2 Å². The SMILES string of the molecule is COc1cc(C(C)=O)ccc1OCC(=O)OCC(=O)NC(=O)c1ccccc1. The zero-order valence-corrected chi connectivity index (χ0v) is 15.4. The van der Waals surface area contributed by atoms with Gasteiger partial charge in [0, 0.05) is 11.1 Å². The van der Waals surface area contributed by atoms with Gasteiger partial charge in [0.2, 0.25) is 0 Å². The minimum absolute atomic E-state index is 0.139. The Kier molecular flexibility index (Phi) is 7.27. The van der Waals surface area contributed by atoms with Crippen LogP contribution in [0.1, 0.15) is 27.6 Å². The molecular formula is C20H19NO7. The first-order valence-corrected chi connectivity index (χ1v) is 8.27. The lowest BCUT2D eigenvalue weighted by Crippen LogP contribution is -2.34. The van der Waals surface area contributed by atoms with Crippen molar-refractivity contribution in [3.05, 3.63) is 59.7 Å². The van der Waals surface area contributed by atoms with E-state index in [9.17, 15) is 19.2 Å². The van der Waals surface area contributed by atoms with E-state index in [2.05, 4.69) is 5.32 Å². The number of methoxy groups -OCH3 is 1. The van der Waals surface area contributed by atoms with Crippen LogP contribution >= 0.6 is 0 Å². The minimum atomic E-state index is -0.806. The number of nitrogens with one attached hydrogen (secondary N) is 1. The fourth-order valence-electron chi connectivity index (χ4n) is 2.15. The standard InChI is InChI=1S/C20H19NO7/c1-13(22)15-8-9-16(17(10-15)26-2)27-12-19(24)28-11-18(23)21-20(25)14-6-4-3-5-7-14/h3-10H,11-12H2,1-2H3,(H,21,23,25). The van der Waals surface area contributed by atoms with Crippen molar-refractivity contribution in [2.75, 3.05) is 20.3 Å². The van der Waals surface area contributed by atoms with Crippen LogP contribution in [0.5, 0.6) is 11.5 Å². The number of esters is 1. The normalized spacial score (nSPS) is 9.93. The second-order valence-corrected chi connectivity index (χ2v) is 5.61. The molecule has 0 aliphatic heterocycles. The van der Waals surface area contributed by atoms with Gasteiger partial charge in [-0.15, -0.1) is 0 Å². The molecule has 0 saturated carbocycles. The molecule has 0 heterocycles. The molecule has 8 nitrogen and oxygen atoms in total. The smallest absolute Gasteiger partial charge is 0.344 e. The molecular weight excluding hydrogens is 366 g/mol. The summed E-state index contributed by atoms with van der Waals surface area (Å²) in [5.74, 6) is -1.76. The molecule has 0 unspecified atom stereocenters. The zero-order chi connectivity index (χ0) is 20.5. The van der Waals surface area contributed by atoms with Gasteiger partial charge in [0.25, 0.3) is 11.8 Å². The number of hydrogen-bond acceptors (Lipinski definition) is 7. The minimum Gasteiger partial charge on any atom is -0.493 e. The number of imide groups is 1. The molecule has 2 amide bonds. The van der Waals surface area contributed by atoms with Crippen LogP contribution in [0.4, 0.5) is 0 Å². The van der Waals surface area contributed by atoms with E-state index >= 15 is 0 Å². The molecule has 0 atom stereocenters. The number of rotatable bonds is 8. The molecule has 2 aromatic rings. The maximum absolute atomic E-state index is 11.8. The summed E-state index contributed by atoms with van der Waals surface area (Å²) in [6.45, 7) is 0.317. The summed E-state index contributed by atoms with van der Waals surface area (Å²) in [7, 11) is 1.40. The second-order valence-electron chi connectivity index (χ2n) is 5.61. The van der Waals surface area contributed by atoms with Gasteiger partial charge in [-0.05, 0) is 37.3 Å². The Morgan fingerprint density at radius 1 is 0.893 bits per heavy atom. The van der Waals surface area contributed by atoms with Crippen molar-refractivity contribution < 1.29 is 33.4 Å². The van der Waals surface area contributed by atoms with Crippen molar-refractivity contribution in [3.63, 3.8) is 0 Å². The summed E-state index contributed by atoms with van der Waals surface area (Å²) in [4.78, 5) is 46.6. The van der Waals surface area contributed by atoms with E-state index in [1.54, 1.807) is 30.3 Å². The van der Waals surface area contributed by atoms with Crippen LogP contribution in [0.25, 0.3) is 0 Å². The topological polar surface area (TPSA) is 108 Å². The first-order chi connectivity index (χ1) is 13.4. The Labute approximate surface area is 161 Å². The van der Waals surface area contributed by atoms with Gasteiger partial charge in [0.05, 0.1) is 7.11 Å². The number of carbonyl (C=O) groups is 4. The van der Waals surface area contributed by atoms with Gasteiger partial charge in [-0.1, -0.05) is 18.2 Å². The maximum Gasteiger partial charge on any atom is 0.344 e. The molecule has 0 aromatic heterocycles. The molecule has 2 rings (SSSR count). The number of amides is 2. The molecule has 1 N–H and O–H groups in total. The average Bonchev–Trinajstić information content (AvgIpc) is 2.71. The van der Waals surface area contributed by atoms with Crippen molar-refractivity contribution in [3.8, 4) is 11.5 Å². The van der Waals surface area contributed by atoms with Crippen LogP contribution in [-0.4, -0.2) is 43.9 Å². The number of benzene rings is 2. The van der Waals surface area contributed by atoms with Crippen LogP contribution in [0, 0.1) is 0 Å². The average molecular weight is 385 g/mol. The molecule has 0 fully saturated rings. The Morgan fingerprint density at radius 3 is 2.25 bits per heavy atom. The van der Waals surface area contributed by atoms with Gasteiger partial charge in [-0.2, -0.15) is 0 Å². The second kappa shape index (κ2) is 9.86. The first-order valence-electron chi connectivity index (χ1n) is 8.27. The summed E-state index contributed by atoms with van der Waals surface area (Å²) in [5, 5.41) is 2.11. The lowest BCUT2D eigenvalue weighted by atomic mass is 10.1. The highest BCUT2D eigenvalue weighted by atomic mass is 16.6. The van der Waals surface area contributed by atoms with Gasteiger partial charge in [-0.3, -0.25) is 19.7 Å². The Balaban J connectivity index is 1.80. The number of ether oxygens (including phenoxy) is 3. The van der Waals surface area contributed by atoms with Gasteiger partial charge in [-0.25, -0.2) is 4.79 Å². The Morgan fingerprint density at radius 2 is 1.61 bits per heavy atom. The van der Waals surface area contributed by atoms with Crippen LogP contribution in [-0.2, 0) is 14.3 Å². The third-order valence-corrected chi connectivity index (χ3v) is 3.57. The van der Waals surface area contributed by atoms with Gasteiger partial charge in [0.1, 0.15) is 0 Å². The fraction of sp³-hybridized carbons (Fsp3) is 0.200. The number of Topliss-reactive ketones (excluding diaryl/α,β-unsaturated/α-hetero) is 1. The van der Waals surface area contributed by atoms with Gasteiger partial charge < -0.3 is 14.2 Å². The molecule has 0 aliphatic rings. The number of carbonyl (C=O) groups excluding carboxylic acids is 4. The Bertz CT molecular complexity index is 877. The highest BCUT2D eigenvalue weighted by Crippen LogP contribution is 2.28. The molecule has 28 heavy (non-hydrogen) atoms. The first kappa shape index (κ1) is 20.6. The van der Waals surface area contributed by atoms with Gasteiger partial charge >= 0.3 is 5.97 Å². The third kappa shape index (κ3) is 5.94. The zero-order valence-electron chi connectivity index (χ0n) is 15.4. The monoisotopic (exact) mass is 385 g/mol. The lowest BCUT2D eigenvalue weighted by molar-refractivity contribution is -0.150. The van der Waals surface area contributed by atoms with Crippen LogP contribution in [0.3, 0.4) is 0 Å². The molecule has 0 spiro atoms. The van der Waals surface area contributed by atoms with E-state index in [4.69, 9.17) is 14.2 Å². The molecule has 0 saturated heterocycles. The van der Waals surface area contributed by atoms with E-state index in [1.807, 2.05) is 0 Å². The number of hydrogen-bond donors (Lipinski definition) is 1. The predicted molar refractivity (Wildman–Crippen MR) is 98.4 cm³/mol. The lowest BCUT2D eigenvalue weighted by Gasteiger charge is -2.11. The van der Waals surface area contributed by atoms with E-state index in [0.29, 0.717) is 11.1 Å². The van der Waals surface area contributed by atoms with E-state index in [-0.39, 0.29) is 17.3 Å². The van der Waals surface area contributed by atoms with Crippen LogP contribution in [0.15, 0.2) is 48.5 Å². The molecule has 146 valence electrons. The van der Waals surface area contributed by atoms with Gasteiger partial charge in [0.15, 0.2) is 30.5 Å². The molecule has 8 heteroatoms. The van der Waals surface area contributed by atoms with Crippen molar-refractivity contribution in [1.82, 2.24) is 5.32 Å². The van der Waals surface area contributed by atoms with Crippen molar-refractivity contribution in [2.45, 2.75) is 6.92 Å². The summed E-state index contributed by atoms with van der Waals surface area (Å²) in [6, 6.07) is 12.7. The number of ketones is 1. The summed E-state index contributed by atoms with van der Waals surface area (Å²) in [6.07, 6.45) is 0. The highest BCUT2D eigenvalue weighted by molar-refractivity contribution is 6.05. The summed E-state index contributed by atoms with van der Waals surface area (Å²) in [5.41, 5.74) is 0.748. The summed E-state index contributed by atoms with van der Waals surface area (Å²) >= 11 is 0. The van der Waals surface area contributed by atoms with Crippen LogP contribution in [0.2, 0.25) is 0 Å². The fourth-order valence-corrected chi connectivity index (χ4v) is 2.15. The molecule has 0 aliphatic carbocycles. The molecule has 2 aromatic carbocycles. The van der Waals surface area contributed by atoms with Crippen LogP contribution < -0.4 is 14.8 Å². The Hall–Kier alpha value is -3.68. The van der Waals surface area contributed by atoms with Crippen molar-refractivity contribution >= 4 is 23.6 Å². The van der Waals surface area contributed by atoms with E-state index < -0.39 is 31.0 Å². The summed E-state index contributed by atoms with van der Waals surface area (Å²) < 4.78 is 15.2. The van der Waals surface area contributed by atoms with Crippen molar-refractivity contribution in [1.29, 1.82) is 0 Å². The molecule has 0 radical (unpaired) electrons. The predicted octanol–water partition coefficient (Wildman–Crippen LogP) is 1.78. The molecule has 0 bridgehead atoms. The quantitative estimate of drug-likeness (QED) is 0.545. The van der Waals surface area contributed by atoms with E-state index in [0.717, 1.165) is 0 Å². The largest absolute Gasteiger partial charge is 0.493 e. The van der Waals surface area contributed by atoms with Crippen molar-refractivity contribution in [2.24, 2.45) is 0 Å². The third-order valence-electron chi connectivity index (χ3n) is 3.57. The maximum atomic E-state index is 11.8.